The lowest BCUT2D eigenvalue weighted by Gasteiger charge is -2.29. The molecule has 1 saturated carbocycles. The van der Waals surface area contributed by atoms with E-state index in [9.17, 15) is 8.42 Å². The van der Waals surface area contributed by atoms with Crippen molar-refractivity contribution >= 4 is 57.2 Å². The number of hydrogen-bond acceptors (Lipinski definition) is 3. The first-order valence-electron chi connectivity index (χ1n) is 7.21. The first-order valence-corrected chi connectivity index (χ1v) is 9.78. The van der Waals surface area contributed by atoms with Crippen LogP contribution in [0.5, 0.6) is 0 Å². The molecule has 1 aliphatic heterocycles. The van der Waals surface area contributed by atoms with Gasteiger partial charge in [-0.15, -0.1) is 12.4 Å². The third-order valence-electron chi connectivity index (χ3n) is 4.68. The monoisotopic (exact) mass is 418 g/mol. The quantitative estimate of drug-likeness (QED) is 0.792. The van der Waals surface area contributed by atoms with Gasteiger partial charge in [-0.1, -0.05) is 41.2 Å². The molecular weight excluding hydrogens is 402 g/mol. The topological polar surface area (TPSA) is 63.4 Å². The Balaban J connectivity index is 0.00000192. The minimum absolute atomic E-state index is 0. The van der Waals surface area contributed by atoms with E-state index in [1.54, 1.807) is 0 Å². The first-order chi connectivity index (χ1) is 10.3. The second-order valence-corrected chi connectivity index (χ2v) is 9.16. The maximum atomic E-state index is 12.9. The summed E-state index contributed by atoms with van der Waals surface area (Å²) in [7, 11) is -3.74. The van der Waals surface area contributed by atoms with Crippen molar-refractivity contribution in [3.63, 3.8) is 0 Å². The Bertz CT molecular complexity index is 675. The largest absolute Gasteiger partial charge is 0.327 e. The van der Waals surface area contributed by atoms with Gasteiger partial charge in [-0.25, -0.2) is 8.42 Å². The smallest absolute Gasteiger partial charge is 0.246 e. The second kappa shape index (κ2) is 7.24. The van der Waals surface area contributed by atoms with Gasteiger partial charge in [0.15, 0.2) is 0 Å². The van der Waals surface area contributed by atoms with Gasteiger partial charge in [-0.05, 0) is 36.8 Å². The molecule has 0 amide bonds. The number of halogens is 4. The Hall–Kier alpha value is 0.250. The predicted molar refractivity (Wildman–Crippen MR) is 96.3 cm³/mol. The van der Waals surface area contributed by atoms with Crippen molar-refractivity contribution in [2.45, 2.75) is 30.2 Å². The molecule has 3 unspecified atom stereocenters. The Morgan fingerprint density at radius 1 is 1.09 bits per heavy atom. The molecule has 1 saturated heterocycles. The SMILES string of the molecule is Cl.NC1CCCC2CN(S(=O)(=O)c3c(Cl)cc(Cl)cc3Cl)CC12. The van der Waals surface area contributed by atoms with E-state index in [2.05, 4.69) is 0 Å². The number of nitrogens with zero attached hydrogens (tertiary/aromatic N) is 1. The average molecular weight is 420 g/mol. The van der Waals surface area contributed by atoms with E-state index in [1.807, 2.05) is 0 Å². The molecule has 3 atom stereocenters. The highest BCUT2D eigenvalue weighted by atomic mass is 35.5. The minimum Gasteiger partial charge on any atom is -0.327 e. The van der Waals surface area contributed by atoms with Crippen molar-refractivity contribution in [3.05, 3.63) is 27.2 Å². The highest BCUT2D eigenvalue weighted by Crippen LogP contribution is 2.41. The van der Waals surface area contributed by atoms with Gasteiger partial charge >= 0.3 is 0 Å². The van der Waals surface area contributed by atoms with Crippen LogP contribution in [0.1, 0.15) is 19.3 Å². The Morgan fingerprint density at radius 3 is 2.26 bits per heavy atom. The van der Waals surface area contributed by atoms with Gasteiger partial charge in [0.1, 0.15) is 4.90 Å². The van der Waals surface area contributed by atoms with Gasteiger partial charge in [0.2, 0.25) is 10.0 Å². The molecule has 23 heavy (non-hydrogen) atoms. The maximum absolute atomic E-state index is 12.9. The Kier molecular flexibility index (Phi) is 6.16. The molecule has 2 aliphatic rings. The minimum atomic E-state index is -3.74. The van der Waals surface area contributed by atoms with Gasteiger partial charge in [0.25, 0.3) is 0 Å². The second-order valence-electron chi connectivity index (χ2n) is 6.04. The van der Waals surface area contributed by atoms with Crippen molar-refractivity contribution in [3.8, 4) is 0 Å². The molecule has 0 aromatic heterocycles. The highest BCUT2D eigenvalue weighted by molar-refractivity contribution is 7.89. The molecule has 0 bridgehead atoms. The Morgan fingerprint density at radius 2 is 1.70 bits per heavy atom. The number of fused-ring (bicyclic) bond motifs is 1. The summed E-state index contributed by atoms with van der Waals surface area (Å²) in [6.07, 6.45) is 3.03. The number of benzene rings is 1. The molecular formula is C14H18Cl4N2O2S. The summed E-state index contributed by atoms with van der Waals surface area (Å²) in [6.45, 7) is 0.916. The van der Waals surface area contributed by atoms with E-state index in [-0.39, 0.29) is 39.3 Å². The van der Waals surface area contributed by atoms with Crippen LogP contribution in [0, 0.1) is 11.8 Å². The van der Waals surface area contributed by atoms with Crippen molar-refractivity contribution in [1.82, 2.24) is 4.31 Å². The van der Waals surface area contributed by atoms with Gasteiger partial charge in [0.05, 0.1) is 10.0 Å². The average Bonchev–Trinajstić information content (AvgIpc) is 2.83. The predicted octanol–water partition coefficient (Wildman–Crippen LogP) is 3.82. The lowest BCUT2D eigenvalue weighted by molar-refractivity contribution is 0.260. The summed E-state index contributed by atoms with van der Waals surface area (Å²) < 4.78 is 27.3. The molecule has 0 spiro atoms. The van der Waals surface area contributed by atoms with E-state index in [0.29, 0.717) is 24.0 Å². The molecule has 4 nitrogen and oxygen atoms in total. The number of sulfonamides is 1. The van der Waals surface area contributed by atoms with Crippen LogP contribution in [0.4, 0.5) is 0 Å². The summed E-state index contributed by atoms with van der Waals surface area (Å²) in [4.78, 5) is -0.0625. The van der Waals surface area contributed by atoms with E-state index >= 15 is 0 Å². The maximum Gasteiger partial charge on any atom is 0.246 e. The van der Waals surface area contributed by atoms with Gasteiger partial charge in [-0.3, -0.25) is 0 Å². The van der Waals surface area contributed by atoms with Crippen LogP contribution < -0.4 is 5.73 Å². The third kappa shape index (κ3) is 3.61. The number of hydrogen-bond donors (Lipinski definition) is 1. The molecule has 1 heterocycles. The lowest BCUT2D eigenvalue weighted by Crippen LogP contribution is -2.38. The zero-order chi connectivity index (χ0) is 16.1. The molecule has 2 N–H and O–H groups in total. The van der Waals surface area contributed by atoms with E-state index in [1.165, 1.54) is 16.4 Å². The number of rotatable bonds is 2. The summed E-state index contributed by atoms with van der Waals surface area (Å²) in [5, 5.41) is 0.416. The first kappa shape index (κ1) is 19.6. The van der Waals surface area contributed by atoms with Crippen LogP contribution in [0.3, 0.4) is 0 Å². The van der Waals surface area contributed by atoms with E-state index in [4.69, 9.17) is 40.5 Å². The van der Waals surface area contributed by atoms with E-state index in [0.717, 1.165) is 19.3 Å². The van der Waals surface area contributed by atoms with Crippen LogP contribution in [0.25, 0.3) is 0 Å². The standard InChI is InChI=1S/C14H17Cl3N2O2S.ClH/c15-9-4-11(16)14(12(17)5-9)22(20,21)19-6-8-2-1-3-13(18)10(8)7-19;/h4-5,8,10,13H,1-3,6-7,18H2;1H. The van der Waals surface area contributed by atoms with Gasteiger partial charge in [0, 0.05) is 24.2 Å². The van der Waals surface area contributed by atoms with Gasteiger partial charge in [-0.2, -0.15) is 4.31 Å². The molecule has 2 fully saturated rings. The molecule has 9 heteroatoms. The molecule has 1 aromatic rings. The zero-order valence-electron chi connectivity index (χ0n) is 12.2. The van der Waals surface area contributed by atoms with Crippen molar-refractivity contribution in [2.75, 3.05) is 13.1 Å². The Labute approximate surface area is 157 Å². The fourth-order valence-electron chi connectivity index (χ4n) is 3.58. The lowest BCUT2D eigenvalue weighted by atomic mass is 9.78. The fourth-order valence-corrected chi connectivity index (χ4v) is 6.60. The number of nitrogens with two attached hydrogens (primary N) is 1. The van der Waals surface area contributed by atoms with E-state index < -0.39 is 10.0 Å². The van der Waals surface area contributed by atoms with Crippen LogP contribution in [0.15, 0.2) is 17.0 Å². The summed E-state index contributed by atoms with van der Waals surface area (Å²) in [5.74, 6) is 0.539. The molecule has 1 aromatic carbocycles. The normalized spacial score (nSPS) is 28.3. The highest BCUT2D eigenvalue weighted by Gasteiger charge is 2.44. The summed E-state index contributed by atoms with van der Waals surface area (Å²) >= 11 is 18.0. The van der Waals surface area contributed by atoms with Gasteiger partial charge < -0.3 is 5.73 Å². The summed E-state index contributed by atoms with van der Waals surface area (Å²) in [6, 6.07) is 2.86. The van der Waals surface area contributed by atoms with Crippen LogP contribution >= 0.6 is 47.2 Å². The molecule has 0 radical (unpaired) electrons. The summed E-state index contributed by atoms with van der Waals surface area (Å²) in [5.41, 5.74) is 6.15. The van der Waals surface area contributed by atoms with Crippen LogP contribution in [-0.4, -0.2) is 31.9 Å². The van der Waals surface area contributed by atoms with Crippen LogP contribution in [-0.2, 0) is 10.0 Å². The fraction of sp³-hybridized carbons (Fsp3) is 0.571. The third-order valence-corrected chi connectivity index (χ3v) is 7.65. The zero-order valence-corrected chi connectivity index (χ0v) is 16.1. The molecule has 1 aliphatic carbocycles. The van der Waals surface area contributed by atoms with Crippen LogP contribution in [0.2, 0.25) is 15.1 Å². The van der Waals surface area contributed by atoms with Crippen molar-refractivity contribution in [1.29, 1.82) is 0 Å². The van der Waals surface area contributed by atoms with Crippen molar-refractivity contribution in [2.24, 2.45) is 17.6 Å². The molecule has 3 rings (SSSR count). The molecule has 130 valence electrons. The van der Waals surface area contributed by atoms with Crippen molar-refractivity contribution < 1.29 is 8.42 Å².